The smallest absolute Gasteiger partial charge is 0.225 e. The van der Waals surface area contributed by atoms with E-state index in [9.17, 15) is 15.3 Å². The third kappa shape index (κ3) is 4.64. The van der Waals surface area contributed by atoms with E-state index in [0.29, 0.717) is 23.9 Å². The zero-order valence-corrected chi connectivity index (χ0v) is 19.3. The van der Waals surface area contributed by atoms with Gasteiger partial charge in [0.25, 0.3) is 0 Å². The van der Waals surface area contributed by atoms with E-state index in [2.05, 4.69) is 34.4 Å². The topological polar surface area (TPSA) is 138 Å². The fourth-order valence-electron chi connectivity index (χ4n) is 3.36. The van der Waals surface area contributed by atoms with Gasteiger partial charge in [0.05, 0.1) is 18.9 Å². The summed E-state index contributed by atoms with van der Waals surface area (Å²) < 4.78 is 6.92. The molecule has 1 aromatic carbocycles. The Morgan fingerprint density at radius 3 is 2.34 bits per heavy atom. The lowest BCUT2D eigenvalue weighted by atomic mass is 10.1. The van der Waals surface area contributed by atoms with Crippen LogP contribution in [0.2, 0.25) is 0 Å². The number of ether oxygens (including phenoxy) is 1. The number of anilines is 2. The summed E-state index contributed by atoms with van der Waals surface area (Å²) in [6, 6.07) is 3.33. The van der Waals surface area contributed by atoms with Crippen molar-refractivity contribution in [3.8, 4) is 17.2 Å². The van der Waals surface area contributed by atoms with Gasteiger partial charge in [-0.3, -0.25) is 4.68 Å². The van der Waals surface area contributed by atoms with E-state index in [4.69, 9.17) is 9.84 Å². The highest BCUT2D eigenvalue weighted by Gasteiger charge is 2.22. The van der Waals surface area contributed by atoms with Gasteiger partial charge in [-0.1, -0.05) is 13.8 Å². The van der Waals surface area contributed by atoms with Gasteiger partial charge in [0.15, 0.2) is 17.3 Å². The number of methoxy groups -OCH3 is 1. The zero-order chi connectivity index (χ0) is 23.6. The van der Waals surface area contributed by atoms with Gasteiger partial charge in [-0.25, -0.2) is 4.98 Å². The Hall–Kier alpha value is -3.27. The second-order valence-electron chi connectivity index (χ2n) is 8.38. The van der Waals surface area contributed by atoms with Crippen molar-refractivity contribution in [1.29, 1.82) is 0 Å². The number of fused-ring (bicyclic) bond motifs is 1. The number of benzene rings is 1. The van der Waals surface area contributed by atoms with Gasteiger partial charge in [-0.2, -0.15) is 10.1 Å². The number of rotatable bonds is 9. The quantitative estimate of drug-likeness (QED) is 0.315. The first-order valence-corrected chi connectivity index (χ1v) is 10.7. The molecular formula is C22H32N6O4. The van der Waals surface area contributed by atoms with Crippen LogP contribution in [0.4, 0.5) is 11.8 Å². The second-order valence-corrected chi connectivity index (χ2v) is 8.38. The molecule has 0 aliphatic carbocycles. The number of nitrogens with zero attached hydrogens (tertiary/aromatic N) is 4. The van der Waals surface area contributed by atoms with Crippen molar-refractivity contribution in [2.75, 3.05) is 24.3 Å². The predicted octanol–water partition coefficient (Wildman–Crippen LogP) is 3.36. The van der Waals surface area contributed by atoms with Crippen LogP contribution in [0.15, 0.2) is 12.1 Å². The van der Waals surface area contributed by atoms with Crippen LogP contribution >= 0.6 is 0 Å². The number of aliphatic hydroxyl groups excluding tert-OH is 1. The lowest BCUT2D eigenvalue weighted by Gasteiger charge is -2.15. The summed E-state index contributed by atoms with van der Waals surface area (Å²) in [7, 11) is 1.42. The van der Waals surface area contributed by atoms with Crippen molar-refractivity contribution in [2.24, 2.45) is 0 Å². The van der Waals surface area contributed by atoms with Crippen LogP contribution in [-0.2, 0) is 6.54 Å². The molecule has 5 N–H and O–H groups in total. The Labute approximate surface area is 187 Å². The molecule has 0 amide bonds. The Bertz CT molecular complexity index is 1090. The fraction of sp³-hybridized carbons (Fsp3) is 0.500. The van der Waals surface area contributed by atoms with Gasteiger partial charge in [-0.15, -0.1) is 0 Å². The normalized spacial score (nSPS) is 12.5. The average Bonchev–Trinajstić information content (AvgIpc) is 3.13. The van der Waals surface area contributed by atoms with Crippen molar-refractivity contribution in [3.05, 3.63) is 23.4 Å². The first kappa shape index (κ1) is 23.4. The summed E-state index contributed by atoms with van der Waals surface area (Å²) in [5, 5.41) is 41.2. The highest BCUT2D eigenvalue weighted by molar-refractivity contribution is 5.89. The number of aromatic hydroxyl groups is 2. The van der Waals surface area contributed by atoms with Crippen LogP contribution in [-0.4, -0.2) is 54.8 Å². The molecule has 3 aromatic rings. The minimum atomic E-state index is -0.562. The minimum absolute atomic E-state index is 0.0730. The molecule has 10 heteroatoms. The summed E-state index contributed by atoms with van der Waals surface area (Å²) in [5.41, 5.74) is 2.81. The van der Waals surface area contributed by atoms with Gasteiger partial charge < -0.3 is 30.7 Å². The molecular weight excluding hydrogens is 412 g/mol. The largest absolute Gasteiger partial charge is 0.504 e. The number of aromatic nitrogens is 4. The SMILES string of the molecule is COc1ccc(CNc2nc(NCC(C)O)nc3c(C(C)C)nn(C(C)C)c23)c(O)c1O. The molecule has 0 radical (unpaired) electrons. The van der Waals surface area contributed by atoms with Crippen LogP contribution in [0.3, 0.4) is 0 Å². The van der Waals surface area contributed by atoms with Crippen molar-refractivity contribution >= 4 is 22.8 Å². The van der Waals surface area contributed by atoms with Crippen LogP contribution in [0.5, 0.6) is 17.2 Å². The molecule has 0 saturated carbocycles. The molecule has 0 spiro atoms. The van der Waals surface area contributed by atoms with E-state index in [-0.39, 0.29) is 35.8 Å². The van der Waals surface area contributed by atoms with Crippen molar-refractivity contribution < 1.29 is 20.1 Å². The van der Waals surface area contributed by atoms with Crippen molar-refractivity contribution in [2.45, 2.75) is 59.2 Å². The standard InChI is InChI=1S/C22H32N6O4/c1-11(2)16-17-18(28(27-16)12(3)4)21(26-22(25-17)24-9-13(5)29)23-10-14-7-8-15(32-6)20(31)19(14)30/h7-8,11-13,29-31H,9-10H2,1-6H3,(H2,23,24,25,26). The van der Waals surface area contributed by atoms with E-state index in [0.717, 1.165) is 16.7 Å². The molecule has 0 aliphatic rings. The molecule has 10 nitrogen and oxygen atoms in total. The molecule has 1 unspecified atom stereocenters. The maximum atomic E-state index is 10.4. The number of nitrogens with one attached hydrogen (secondary N) is 2. The summed E-state index contributed by atoms with van der Waals surface area (Å²) in [5.74, 6) is 0.675. The highest BCUT2D eigenvalue weighted by atomic mass is 16.5. The molecule has 32 heavy (non-hydrogen) atoms. The molecule has 0 bridgehead atoms. The average molecular weight is 445 g/mol. The summed E-state index contributed by atoms with van der Waals surface area (Å²) >= 11 is 0. The number of phenols is 2. The van der Waals surface area contributed by atoms with E-state index in [1.807, 2.05) is 18.5 Å². The van der Waals surface area contributed by atoms with Crippen molar-refractivity contribution in [3.63, 3.8) is 0 Å². The maximum absolute atomic E-state index is 10.4. The lowest BCUT2D eigenvalue weighted by molar-refractivity contribution is 0.208. The van der Waals surface area contributed by atoms with Gasteiger partial charge in [0.1, 0.15) is 11.0 Å². The summed E-state index contributed by atoms with van der Waals surface area (Å²) in [4.78, 5) is 9.29. The molecule has 174 valence electrons. The molecule has 3 rings (SSSR count). The molecule has 0 saturated heterocycles. The molecule has 2 heterocycles. The lowest BCUT2D eigenvalue weighted by Crippen LogP contribution is -2.18. The maximum Gasteiger partial charge on any atom is 0.225 e. The van der Waals surface area contributed by atoms with Gasteiger partial charge in [-0.05, 0) is 38.8 Å². The first-order chi connectivity index (χ1) is 15.1. The third-order valence-corrected chi connectivity index (χ3v) is 5.03. The molecule has 2 aromatic heterocycles. The Morgan fingerprint density at radius 2 is 1.75 bits per heavy atom. The number of hydrogen-bond acceptors (Lipinski definition) is 9. The number of hydrogen-bond donors (Lipinski definition) is 5. The van der Waals surface area contributed by atoms with E-state index < -0.39 is 6.10 Å². The molecule has 0 fully saturated rings. The van der Waals surface area contributed by atoms with E-state index >= 15 is 0 Å². The van der Waals surface area contributed by atoms with E-state index in [1.165, 1.54) is 7.11 Å². The molecule has 0 aliphatic heterocycles. The fourth-order valence-corrected chi connectivity index (χ4v) is 3.36. The Balaban J connectivity index is 2.08. The van der Waals surface area contributed by atoms with Gasteiger partial charge in [0, 0.05) is 24.7 Å². The summed E-state index contributed by atoms with van der Waals surface area (Å²) in [6.45, 7) is 10.4. The Kier molecular flexibility index (Phi) is 6.93. The van der Waals surface area contributed by atoms with E-state index in [1.54, 1.807) is 19.1 Å². The second kappa shape index (κ2) is 9.47. The van der Waals surface area contributed by atoms with Gasteiger partial charge >= 0.3 is 0 Å². The molecule has 1 atom stereocenters. The van der Waals surface area contributed by atoms with Crippen LogP contribution in [0, 0.1) is 0 Å². The number of phenolic OH excluding ortho intramolecular Hbond substituents is 2. The Morgan fingerprint density at radius 1 is 1.03 bits per heavy atom. The monoisotopic (exact) mass is 444 g/mol. The minimum Gasteiger partial charge on any atom is -0.504 e. The zero-order valence-electron chi connectivity index (χ0n) is 19.3. The third-order valence-electron chi connectivity index (χ3n) is 5.03. The van der Waals surface area contributed by atoms with Crippen LogP contribution in [0.25, 0.3) is 11.0 Å². The van der Waals surface area contributed by atoms with Crippen LogP contribution < -0.4 is 15.4 Å². The van der Waals surface area contributed by atoms with Crippen molar-refractivity contribution in [1.82, 2.24) is 19.7 Å². The first-order valence-electron chi connectivity index (χ1n) is 10.7. The van der Waals surface area contributed by atoms with Gasteiger partial charge in [0.2, 0.25) is 11.7 Å². The summed E-state index contributed by atoms with van der Waals surface area (Å²) in [6.07, 6.45) is -0.562. The predicted molar refractivity (Wildman–Crippen MR) is 124 cm³/mol. The highest BCUT2D eigenvalue weighted by Crippen LogP contribution is 2.38. The number of aliphatic hydroxyl groups is 1. The van der Waals surface area contributed by atoms with Crippen LogP contribution in [0.1, 0.15) is 57.8 Å².